The van der Waals surface area contributed by atoms with Crippen LogP contribution in [0.4, 0.5) is 9.18 Å². The number of hydrogen-bond acceptors (Lipinski definition) is 5. The van der Waals surface area contributed by atoms with Crippen LogP contribution in [0.2, 0.25) is 10.0 Å². The summed E-state index contributed by atoms with van der Waals surface area (Å²) in [6, 6.07) is 16.4. The molecule has 1 aliphatic heterocycles. The Hall–Kier alpha value is -3.00. The Labute approximate surface area is 210 Å². The van der Waals surface area contributed by atoms with Gasteiger partial charge in [0, 0.05) is 15.6 Å². The lowest BCUT2D eigenvalue weighted by atomic mass is 10.1. The van der Waals surface area contributed by atoms with Crippen molar-refractivity contribution in [2.75, 3.05) is 7.11 Å². The topological polar surface area (TPSA) is 55.8 Å². The molecule has 0 N–H and O–H groups in total. The maximum Gasteiger partial charge on any atom is 0.293 e. The van der Waals surface area contributed by atoms with E-state index in [2.05, 4.69) is 0 Å². The molecule has 5 nitrogen and oxygen atoms in total. The minimum Gasteiger partial charge on any atom is -0.493 e. The number of hydrogen-bond donors (Lipinski definition) is 0. The van der Waals surface area contributed by atoms with Gasteiger partial charge in [0.25, 0.3) is 11.1 Å². The highest BCUT2D eigenvalue weighted by Crippen LogP contribution is 2.38. The van der Waals surface area contributed by atoms with Crippen molar-refractivity contribution in [3.63, 3.8) is 0 Å². The van der Waals surface area contributed by atoms with Crippen LogP contribution >= 0.6 is 35.0 Å². The maximum absolute atomic E-state index is 13.3. The molecule has 0 aromatic heterocycles. The van der Waals surface area contributed by atoms with Gasteiger partial charge in [-0.3, -0.25) is 14.5 Å². The van der Waals surface area contributed by atoms with E-state index in [1.165, 1.54) is 19.2 Å². The van der Waals surface area contributed by atoms with Gasteiger partial charge in [0.2, 0.25) is 0 Å². The molecule has 0 radical (unpaired) electrons. The monoisotopic (exact) mass is 517 g/mol. The fourth-order valence-corrected chi connectivity index (χ4v) is 4.48. The normalized spacial score (nSPS) is 14.7. The van der Waals surface area contributed by atoms with Crippen molar-refractivity contribution in [3.05, 3.63) is 98.1 Å². The summed E-state index contributed by atoms with van der Waals surface area (Å²) in [5.41, 5.74) is 1.95. The minimum atomic E-state index is -0.494. The van der Waals surface area contributed by atoms with Gasteiger partial charge in [0.1, 0.15) is 12.4 Å². The van der Waals surface area contributed by atoms with E-state index >= 15 is 0 Å². The molecule has 1 saturated heterocycles. The van der Waals surface area contributed by atoms with Gasteiger partial charge in [-0.25, -0.2) is 4.39 Å². The number of imide groups is 1. The number of para-hydroxylation sites is 1. The van der Waals surface area contributed by atoms with Gasteiger partial charge in [0.15, 0.2) is 11.5 Å². The van der Waals surface area contributed by atoms with Crippen LogP contribution in [0, 0.1) is 5.82 Å². The zero-order valence-electron chi connectivity index (χ0n) is 17.9. The average Bonchev–Trinajstić information content (AvgIpc) is 3.08. The SMILES string of the molecule is COc1cccc(/C=C2/SC(=O)N(Cc3ccc(F)cc3Cl)C2=O)c1OCc1ccc(Cl)cc1. The number of carbonyl (C=O) groups is 2. The first-order valence-electron chi connectivity index (χ1n) is 10.1. The molecule has 0 saturated carbocycles. The third-order valence-corrected chi connectivity index (χ3v) is 6.54. The summed E-state index contributed by atoms with van der Waals surface area (Å²) < 4.78 is 24.8. The number of halogens is 3. The second-order valence-electron chi connectivity index (χ2n) is 7.30. The van der Waals surface area contributed by atoms with E-state index in [1.54, 1.807) is 36.4 Å². The van der Waals surface area contributed by atoms with Crippen LogP contribution in [-0.4, -0.2) is 23.2 Å². The highest BCUT2D eigenvalue weighted by molar-refractivity contribution is 8.18. The summed E-state index contributed by atoms with van der Waals surface area (Å²) in [5, 5.41) is 0.330. The van der Waals surface area contributed by atoms with Crippen LogP contribution < -0.4 is 9.47 Å². The number of rotatable bonds is 7. The van der Waals surface area contributed by atoms with E-state index in [-0.39, 0.29) is 23.1 Å². The van der Waals surface area contributed by atoms with Crippen molar-refractivity contribution in [2.45, 2.75) is 13.2 Å². The Morgan fingerprint density at radius 2 is 1.82 bits per heavy atom. The number of nitrogens with zero attached hydrogens (tertiary/aromatic N) is 1. The summed E-state index contributed by atoms with van der Waals surface area (Å²) in [6.07, 6.45) is 1.59. The highest BCUT2D eigenvalue weighted by Gasteiger charge is 2.35. The smallest absolute Gasteiger partial charge is 0.293 e. The average molecular weight is 518 g/mol. The summed E-state index contributed by atoms with van der Waals surface area (Å²) in [4.78, 5) is 26.9. The molecule has 34 heavy (non-hydrogen) atoms. The molecule has 2 amide bonds. The van der Waals surface area contributed by atoms with Gasteiger partial charge in [-0.2, -0.15) is 0 Å². The van der Waals surface area contributed by atoms with Crippen molar-refractivity contribution in [3.8, 4) is 11.5 Å². The summed E-state index contributed by atoms with van der Waals surface area (Å²) >= 11 is 12.8. The van der Waals surface area contributed by atoms with Crippen LogP contribution in [0.25, 0.3) is 6.08 Å². The largest absolute Gasteiger partial charge is 0.493 e. The molecule has 1 fully saturated rings. The fraction of sp³-hybridized carbons (Fsp3) is 0.120. The number of thioether (sulfide) groups is 1. The minimum absolute atomic E-state index is 0.0564. The lowest BCUT2D eigenvalue weighted by Crippen LogP contribution is -2.27. The van der Waals surface area contributed by atoms with Crippen molar-refractivity contribution < 1.29 is 23.5 Å². The molecule has 3 aromatic rings. The van der Waals surface area contributed by atoms with Crippen LogP contribution in [0.3, 0.4) is 0 Å². The zero-order chi connectivity index (χ0) is 24.2. The van der Waals surface area contributed by atoms with E-state index in [0.29, 0.717) is 27.6 Å². The van der Waals surface area contributed by atoms with Crippen molar-refractivity contribution in [1.29, 1.82) is 0 Å². The van der Waals surface area contributed by atoms with E-state index in [9.17, 15) is 14.0 Å². The molecule has 3 aromatic carbocycles. The van der Waals surface area contributed by atoms with Gasteiger partial charge in [0.05, 0.1) is 18.6 Å². The first kappa shape index (κ1) is 24.1. The zero-order valence-corrected chi connectivity index (χ0v) is 20.2. The standard InChI is InChI=1S/C25H18Cl2FNO4S/c1-32-21-4-2-3-16(23(21)33-14-15-5-8-18(26)9-6-15)11-22-24(30)29(25(31)34-22)13-17-7-10-19(28)12-20(17)27/h2-12H,13-14H2,1H3/b22-11+. The quantitative estimate of drug-likeness (QED) is 0.317. The summed E-state index contributed by atoms with van der Waals surface area (Å²) in [6.45, 7) is 0.197. The predicted molar refractivity (Wildman–Crippen MR) is 132 cm³/mol. The van der Waals surface area contributed by atoms with E-state index < -0.39 is 17.0 Å². The number of amides is 2. The first-order valence-corrected chi connectivity index (χ1v) is 11.7. The predicted octanol–water partition coefficient (Wildman–Crippen LogP) is 6.96. The number of benzene rings is 3. The van der Waals surface area contributed by atoms with Crippen LogP contribution in [0.15, 0.2) is 65.6 Å². The number of methoxy groups -OCH3 is 1. The lowest BCUT2D eigenvalue weighted by molar-refractivity contribution is -0.123. The molecule has 9 heteroatoms. The molecule has 0 bridgehead atoms. The third kappa shape index (κ3) is 5.38. The Morgan fingerprint density at radius 3 is 2.53 bits per heavy atom. The summed E-state index contributed by atoms with van der Waals surface area (Å²) in [5.74, 6) is -0.0397. The molecule has 4 rings (SSSR count). The lowest BCUT2D eigenvalue weighted by Gasteiger charge is -2.14. The Balaban J connectivity index is 1.58. The Kier molecular flexibility index (Phi) is 7.46. The van der Waals surface area contributed by atoms with E-state index in [0.717, 1.165) is 28.3 Å². The van der Waals surface area contributed by atoms with Gasteiger partial charge in [-0.05, 0) is 59.3 Å². The van der Waals surface area contributed by atoms with Crippen LogP contribution in [0.5, 0.6) is 11.5 Å². The van der Waals surface area contributed by atoms with Gasteiger partial charge < -0.3 is 9.47 Å². The van der Waals surface area contributed by atoms with Crippen molar-refractivity contribution >= 4 is 52.2 Å². The van der Waals surface area contributed by atoms with Gasteiger partial charge in [-0.15, -0.1) is 0 Å². The Morgan fingerprint density at radius 1 is 1.06 bits per heavy atom. The first-order chi connectivity index (χ1) is 16.4. The Bertz CT molecular complexity index is 1280. The van der Waals surface area contributed by atoms with Gasteiger partial charge >= 0.3 is 0 Å². The van der Waals surface area contributed by atoms with Crippen molar-refractivity contribution in [2.24, 2.45) is 0 Å². The fourth-order valence-electron chi connectivity index (χ4n) is 3.30. The molecule has 174 valence electrons. The highest BCUT2D eigenvalue weighted by atomic mass is 35.5. The summed E-state index contributed by atoms with van der Waals surface area (Å²) in [7, 11) is 1.52. The molecule has 0 spiro atoms. The molecule has 0 atom stereocenters. The molecular formula is C25H18Cl2FNO4S. The van der Waals surface area contributed by atoms with Crippen LogP contribution in [-0.2, 0) is 17.9 Å². The molecule has 0 aliphatic carbocycles. The second kappa shape index (κ2) is 10.5. The van der Waals surface area contributed by atoms with Crippen LogP contribution in [0.1, 0.15) is 16.7 Å². The number of ether oxygens (including phenoxy) is 2. The molecule has 1 heterocycles. The van der Waals surface area contributed by atoms with E-state index in [1.807, 2.05) is 12.1 Å². The maximum atomic E-state index is 13.3. The number of carbonyl (C=O) groups excluding carboxylic acids is 2. The molecule has 1 aliphatic rings. The molecular weight excluding hydrogens is 500 g/mol. The van der Waals surface area contributed by atoms with Gasteiger partial charge in [-0.1, -0.05) is 53.5 Å². The van der Waals surface area contributed by atoms with Crippen molar-refractivity contribution in [1.82, 2.24) is 4.90 Å². The molecule has 0 unspecified atom stereocenters. The second-order valence-corrected chi connectivity index (χ2v) is 9.13. The van der Waals surface area contributed by atoms with E-state index in [4.69, 9.17) is 32.7 Å². The third-order valence-electron chi connectivity index (χ3n) is 5.03.